The third-order valence-corrected chi connectivity index (χ3v) is 2.74. The highest BCUT2D eigenvalue weighted by atomic mass is 79.9. The van der Waals surface area contributed by atoms with Crippen LogP contribution in [-0.2, 0) is 4.79 Å². The highest BCUT2D eigenvalue weighted by molar-refractivity contribution is 9.09. The summed E-state index contributed by atoms with van der Waals surface area (Å²) >= 11 is 3.23. The first kappa shape index (κ1) is 8.96. The van der Waals surface area contributed by atoms with Crippen LogP contribution in [0.5, 0.6) is 0 Å². The normalized spacial score (nSPS) is 23.0. The summed E-state index contributed by atoms with van der Waals surface area (Å²) in [7, 11) is 0. The fourth-order valence-corrected chi connectivity index (χ4v) is 1.50. The predicted molar refractivity (Wildman–Crippen MR) is 46.4 cm³/mol. The lowest BCUT2D eigenvalue weighted by Gasteiger charge is -2.29. The van der Waals surface area contributed by atoms with Crippen molar-refractivity contribution in [3.63, 3.8) is 0 Å². The third-order valence-electron chi connectivity index (χ3n) is 1.71. The summed E-state index contributed by atoms with van der Waals surface area (Å²) in [5, 5.41) is 3.19. The minimum atomic E-state index is -0.313. The molecule has 0 aromatic heterocycles. The Balaban J connectivity index is 2.38. The molecule has 1 unspecified atom stereocenters. The Labute approximate surface area is 74.2 Å². The molecule has 0 aromatic carbocycles. The zero-order chi connectivity index (χ0) is 8.27. The monoisotopic (exact) mass is 221 g/mol. The number of nitrogens with one attached hydrogen (secondary N) is 1. The van der Waals surface area contributed by atoms with Crippen LogP contribution < -0.4 is 11.1 Å². The number of alkyl halides is 1. The zero-order valence-corrected chi connectivity index (χ0v) is 7.80. The molecule has 1 atom stereocenters. The van der Waals surface area contributed by atoms with Crippen molar-refractivity contribution in [1.82, 2.24) is 10.2 Å². The summed E-state index contributed by atoms with van der Waals surface area (Å²) in [5.74, 6) is -0.313. The fourth-order valence-electron chi connectivity index (χ4n) is 1.09. The van der Waals surface area contributed by atoms with Crippen molar-refractivity contribution in [3.8, 4) is 0 Å². The molecule has 1 rings (SSSR count). The van der Waals surface area contributed by atoms with Gasteiger partial charge in [0.05, 0.1) is 0 Å². The Morgan fingerprint density at radius 3 is 2.55 bits per heavy atom. The fraction of sp³-hybridized carbons (Fsp3) is 0.833. The molecule has 1 aliphatic rings. The molecule has 4 nitrogen and oxygen atoms in total. The van der Waals surface area contributed by atoms with Crippen molar-refractivity contribution in [1.29, 1.82) is 0 Å². The second-order valence-corrected chi connectivity index (χ2v) is 3.39. The second kappa shape index (κ2) is 4.04. The molecule has 1 amide bonds. The van der Waals surface area contributed by atoms with Gasteiger partial charge in [-0.25, -0.2) is 0 Å². The lowest BCUT2D eigenvalue weighted by Crippen LogP contribution is -2.50. The molecule has 0 aliphatic carbocycles. The molecule has 5 heteroatoms. The van der Waals surface area contributed by atoms with Crippen LogP contribution in [0.1, 0.15) is 0 Å². The predicted octanol–water partition coefficient (Wildman–Crippen LogP) is -0.902. The number of amides is 1. The first-order chi connectivity index (χ1) is 5.22. The van der Waals surface area contributed by atoms with Gasteiger partial charge in [-0.1, -0.05) is 15.9 Å². The maximum Gasteiger partial charge on any atom is 0.245 e. The summed E-state index contributed by atoms with van der Waals surface area (Å²) in [4.78, 5) is 12.4. The van der Waals surface area contributed by atoms with Crippen LogP contribution in [0.2, 0.25) is 0 Å². The van der Waals surface area contributed by atoms with Gasteiger partial charge in [0.15, 0.2) is 0 Å². The van der Waals surface area contributed by atoms with Crippen LogP contribution in [0.25, 0.3) is 0 Å². The lowest BCUT2D eigenvalue weighted by atomic mass is 10.3. The van der Waals surface area contributed by atoms with Crippen molar-refractivity contribution in [2.75, 3.05) is 26.2 Å². The van der Waals surface area contributed by atoms with Gasteiger partial charge < -0.3 is 11.1 Å². The Kier molecular flexibility index (Phi) is 3.29. The first-order valence-corrected chi connectivity index (χ1v) is 4.51. The minimum absolute atomic E-state index is 0.301. The maximum atomic E-state index is 10.7. The average molecular weight is 222 g/mol. The van der Waals surface area contributed by atoms with Gasteiger partial charge in [-0.15, -0.1) is 0 Å². The molecule has 1 fully saturated rings. The first-order valence-electron chi connectivity index (χ1n) is 3.60. The third kappa shape index (κ3) is 2.43. The van der Waals surface area contributed by atoms with Crippen molar-refractivity contribution >= 4 is 21.8 Å². The number of primary amides is 1. The summed E-state index contributed by atoms with van der Waals surface area (Å²) in [6.07, 6.45) is 0. The molecule has 11 heavy (non-hydrogen) atoms. The van der Waals surface area contributed by atoms with Crippen molar-refractivity contribution in [2.45, 2.75) is 4.95 Å². The number of hydrogen-bond acceptors (Lipinski definition) is 3. The molecular weight excluding hydrogens is 210 g/mol. The smallest absolute Gasteiger partial charge is 0.245 e. The highest BCUT2D eigenvalue weighted by Crippen LogP contribution is 2.06. The van der Waals surface area contributed by atoms with Crippen LogP contribution >= 0.6 is 15.9 Å². The summed E-state index contributed by atoms with van der Waals surface area (Å²) in [6.45, 7) is 3.60. The van der Waals surface area contributed by atoms with E-state index < -0.39 is 0 Å². The molecule has 1 aliphatic heterocycles. The molecule has 1 saturated heterocycles. The summed E-state index contributed by atoms with van der Waals surface area (Å²) in [5.41, 5.74) is 5.12. The molecule has 0 spiro atoms. The molecule has 3 N–H and O–H groups in total. The quantitative estimate of drug-likeness (QED) is 0.470. The van der Waals surface area contributed by atoms with E-state index in [1.54, 1.807) is 0 Å². The van der Waals surface area contributed by atoms with E-state index in [2.05, 4.69) is 21.2 Å². The van der Waals surface area contributed by atoms with Gasteiger partial charge in [0, 0.05) is 26.2 Å². The number of halogens is 1. The van der Waals surface area contributed by atoms with E-state index in [-0.39, 0.29) is 10.9 Å². The largest absolute Gasteiger partial charge is 0.368 e. The number of nitrogens with zero attached hydrogens (tertiary/aromatic N) is 1. The molecule has 64 valence electrons. The van der Waals surface area contributed by atoms with Gasteiger partial charge in [-0.3, -0.25) is 9.69 Å². The molecule has 0 radical (unpaired) electrons. The molecule has 0 aromatic rings. The number of piperazine rings is 1. The van der Waals surface area contributed by atoms with Gasteiger partial charge >= 0.3 is 0 Å². The summed E-state index contributed by atoms with van der Waals surface area (Å²) < 4.78 is 0. The van der Waals surface area contributed by atoms with E-state index in [1.807, 2.05) is 4.90 Å². The van der Waals surface area contributed by atoms with Crippen molar-refractivity contribution < 1.29 is 4.79 Å². The van der Waals surface area contributed by atoms with Gasteiger partial charge in [-0.2, -0.15) is 0 Å². The van der Waals surface area contributed by atoms with Gasteiger partial charge in [-0.05, 0) is 0 Å². The van der Waals surface area contributed by atoms with Crippen LogP contribution in [0.3, 0.4) is 0 Å². The SMILES string of the molecule is NC(=O)C(Br)N1CCNCC1. The molecule has 0 bridgehead atoms. The lowest BCUT2D eigenvalue weighted by molar-refractivity contribution is -0.120. The van der Waals surface area contributed by atoms with Crippen LogP contribution in [0.4, 0.5) is 0 Å². The highest BCUT2D eigenvalue weighted by Gasteiger charge is 2.21. The molecule has 1 heterocycles. The van der Waals surface area contributed by atoms with E-state index in [4.69, 9.17) is 5.73 Å². The van der Waals surface area contributed by atoms with Crippen molar-refractivity contribution in [2.24, 2.45) is 5.73 Å². The second-order valence-electron chi connectivity index (χ2n) is 2.52. The average Bonchev–Trinajstić information content (AvgIpc) is 2.05. The Morgan fingerprint density at radius 2 is 2.09 bits per heavy atom. The maximum absolute atomic E-state index is 10.7. The Morgan fingerprint density at radius 1 is 1.55 bits per heavy atom. The summed E-state index contributed by atoms with van der Waals surface area (Å²) in [6, 6.07) is 0. The minimum Gasteiger partial charge on any atom is -0.368 e. The Hall–Kier alpha value is -0.130. The Bertz CT molecular complexity index is 147. The van der Waals surface area contributed by atoms with E-state index >= 15 is 0 Å². The van der Waals surface area contributed by atoms with Gasteiger partial charge in [0.2, 0.25) is 5.91 Å². The van der Waals surface area contributed by atoms with Crippen molar-refractivity contribution in [3.05, 3.63) is 0 Å². The van der Waals surface area contributed by atoms with E-state index in [9.17, 15) is 4.79 Å². The van der Waals surface area contributed by atoms with Crippen LogP contribution in [-0.4, -0.2) is 41.9 Å². The zero-order valence-electron chi connectivity index (χ0n) is 6.22. The van der Waals surface area contributed by atoms with E-state index in [0.717, 1.165) is 26.2 Å². The van der Waals surface area contributed by atoms with E-state index in [1.165, 1.54) is 0 Å². The number of hydrogen-bond donors (Lipinski definition) is 2. The molecule has 0 saturated carbocycles. The van der Waals surface area contributed by atoms with Gasteiger partial charge in [0.25, 0.3) is 0 Å². The van der Waals surface area contributed by atoms with Gasteiger partial charge in [0.1, 0.15) is 4.95 Å². The van der Waals surface area contributed by atoms with Crippen LogP contribution in [0, 0.1) is 0 Å². The standard InChI is InChI=1S/C6H12BrN3O/c7-5(6(8)11)10-3-1-9-2-4-10/h5,9H,1-4H2,(H2,8,11). The number of carbonyl (C=O) groups is 1. The topological polar surface area (TPSA) is 58.4 Å². The number of carbonyl (C=O) groups excluding carboxylic acids is 1. The number of rotatable bonds is 2. The van der Waals surface area contributed by atoms with E-state index in [0.29, 0.717) is 0 Å². The molecular formula is C6H12BrN3O. The van der Waals surface area contributed by atoms with Crippen LogP contribution in [0.15, 0.2) is 0 Å². The number of nitrogens with two attached hydrogens (primary N) is 1.